The Hall–Kier alpha value is -0.0800. The molecule has 134 valence electrons. The van der Waals surface area contributed by atoms with Crippen LogP contribution < -0.4 is 5.73 Å². The van der Waals surface area contributed by atoms with Crippen LogP contribution in [0.25, 0.3) is 0 Å². The molecule has 0 saturated carbocycles. The first-order valence-corrected chi connectivity index (χ1v) is 10.2. The van der Waals surface area contributed by atoms with Crippen LogP contribution in [0.4, 0.5) is 0 Å². The Morgan fingerprint density at radius 1 is 0.364 bits per heavy atom. The summed E-state index contributed by atoms with van der Waals surface area (Å²) in [5.41, 5.74) is 5.49. The van der Waals surface area contributed by atoms with Crippen molar-refractivity contribution in [2.75, 3.05) is 13.2 Å². The number of nitrogens with two attached hydrogens (primary N) is 1. The summed E-state index contributed by atoms with van der Waals surface area (Å²) < 4.78 is 0. The van der Waals surface area contributed by atoms with Crippen LogP contribution in [0.15, 0.2) is 0 Å². The average Bonchev–Trinajstić information content (AvgIpc) is 2.54. The van der Waals surface area contributed by atoms with Crippen LogP contribution in [0.1, 0.15) is 116 Å². The van der Waals surface area contributed by atoms with Gasteiger partial charge in [0.05, 0.1) is 0 Å². The minimum atomic E-state index is 0.369. The molecule has 0 unspecified atom stereocenters. The molecule has 0 spiro atoms. The molecule has 0 aromatic heterocycles. The molecule has 0 amide bonds. The maximum atomic E-state index is 8.70. The van der Waals surface area contributed by atoms with E-state index in [9.17, 15) is 0 Å². The second kappa shape index (κ2) is 20.9. The van der Waals surface area contributed by atoms with E-state index in [1.54, 1.807) is 0 Å². The van der Waals surface area contributed by atoms with E-state index in [2.05, 4.69) is 0 Å². The molecule has 0 aromatic carbocycles. The fourth-order valence-electron chi connectivity index (χ4n) is 3.08. The van der Waals surface area contributed by atoms with E-state index in [1.807, 2.05) is 0 Å². The van der Waals surface area contributed by atoms with Crippen molar-refractivity contribution in [3.63, 3.8) is 0 Å². The molecule has 0 atom stereocenters. The first-order valence-electron chi connectivity index (χ1n) is 10.2. The highest BCUT2D eigenvalue weighted by Crippen LogP contribution is 2.14. The maximum Gasteiger partial charge on any atom is 0.0431 e. The molecular formula is C20H43NO. The van der Waals surface area contributed by atoms with Crippen LogP contribution in [0.5, 0.6) is 0 Å². The molecule has 0 fully saturated rings. The van der Waals surface area contributed by atoms with Gasteiger partial charge in [-0.1, -0.05) is 103 Å². The molecule has 0 aromatic rings. The topological polar surface area (TPSA) is 46.2 Å². The highest BCUT2D eigenvalue weighted by molar-refractivity contribution is 4.50. The first kappa shape index (κ1) is 21.9. The lowest BCUT2D eigenvalue weighted by atomic mass is 10.0. The normalized spacial score (nSPS) is 11.2. The number of hydrogen-bond acceptors (Lipinski definition) is 2. The Bertz CT molecular complexity index is 165. The second-order valence-corrected chi connectivity index (χ2v) is 6.88. The molecule has 0 heterocycles. The van der Waals surface area contributed by atoms with Crippen molar-refractivity contribution >= 4 is 0 Å². The summed E-state index contributed by atoms with van der Waals surface area (Å²) in [5, 5.41) is 8.70. The van der Waals surface area contributed by atoms with Crippen LogP contribution in [0, 0.1) is 0 Å². The molecule has 0 aliphatic rings. The van der Waals surface area contributed by atoms with E-state index in [4.69, 9.17) is 10.8 Å². The van der Waals surface area contributed by atoms with Gasteiger partial charge in [-0.3, -0.25) is 0 Å². The SMILES string of the molecule is NCCCCCCCCCCCCCCCCCCCCO. The molecule has 3 N–H and O–H groups in total. The van der Waals surface area contributed by atoms with Gasteiger partial charge in [-0.15, -0.1) is 0 Å². The lowest BCUT2D eigenvalue weighted by Crippen LogP contribution is -1.97. The van der Waals surface area contributed by atoms with Crippen LogP contribution >= 0.6 is 0 Å². The summed E-state index contributed by atoms with van der Waals surface area (Å²) in [7, 11) is 0. The van der Waals surface area contributed by atoms with Crippen LogP contribution in [-0.4, -0.2) is 18.3 Å². The number of unbranched alkanes of at least 4 members (excludes halogenated alkanes) is 17. The van der Waals surface area contributed by atoms with Crippen molar-refractivity contribution in [1.29, 1.82) is 0 Å². The Kier molecular flexibility index (Phi) is 20.8. The fourth-order valence-corrected chi connectivity index (χ4v) is 3.08. The van der Waals surface area contributed by atoms with Gasteiger partial charge in [-0.25, -0.2) is 0 Å². The molecule has 2 nitrogen and oxygen atoms in total. The van der Waals surface area contributed by atoms with E-state index in [0.717, 1.165) is 13.0 Å². The predicted molar refractivity (Wildman–Crippen MR) is 99.2 cm³/mol. The van der Waals surface area contributed by atoms with Crippen molar-refractivity contribution in [3.05, 3.63) is 0 Å². The van der Waals surface area contributed by atoms with Gasteiger partial charge in [0.15, 0.2) is 0 Å². The van der Waals surface area contributed by atoms with Gasteiger partial charge in [-0.05, 0) is 19.4 Å². The van der Waals surface area contributed by atoms with Gasteiger partial charge in [0, 0.05) is 6.61 Å². The molecule has 22 heavy (non-hydrogen) atoms. The van der Waals surface area contributed by atoms with Crippen LogP contribution in [-0.2, 0) is 0 Å². The van der Waals surface area contributed by atoms with Crippen molar-refractivity contribution in [1.82, 2.24) is 0 Å². The number of rotatable bonds is 19. The minimum Gasteiger partial charge on any atom is -0.396 e. The summed E-state index contributed by atoms with van der Waals surface area (Å²) in [6.45, 7) is 1.23. The number of aliphatic hydroxyl groups is 1. The van der Waals surface area contributed by atoms with Crippen LogP contribution in [0.2, 0.25) is 0 Å². The maximum absolute atomic E-state index is 8.70. The molecule has 0 aliphatic heterocycles. The summed E-state index contributed by atoms with van der Waals surface area (Å²) in [4.78, 5) is 0. The third kappa shape index (κ3) is 19.9. The molecule has 0 radical (unpaired) electrons. The summed E-state index contributed by atoms with van der Waals surface area (Å²) >= 11 is 0. The first-order chi connectivity index (χ1) is 10.9. The van der Waals surface area contributed by atoms with Crippen LogP contribution in [0.3, 0.4) is 0 Å². The van der Waals surface area contributed by atoms with Crippen molar-refractivity contribution < 1.29 is 5.11 Å². The highest BCUT2D eigenvalue weighted by atomic mass is 16.2. The van der Waals surface area contributed by atoms with Crippen molar-refractivity contribution in [2.45, 2.75) is 116 Å². The Labute approximate surface area is 140 Å². The minimum absolute atomic E-state index is 0.369. The predicted octanol–water partition coefficient (Wildman–Crippen LogP) is 5.96. The molecular weight excluding hydrogens is 270 g/mol. The van der Waals surface area contributed by atoms with Gasteiger partial charge < -0.3 is 10.8 Å². The van der Waals surface area contributed by atoms with Gasteiger partial charge in [0.25, 0.3) is 0 Å². The van der Waals surface area contributed by atoms with E-state index in [-0.39, 0.29) is 0 Å². The molecule has 0 rings (SSSR count). The summed E-state index contributed by atoms with van der Waals surface area (Å²) in [6.07, 6.45) is 24.6. The zero-order valence-corrected chi connectivity index (χ0v) is 15.2. The molecule has 0 saturated heterocycles. The lowest BCUT2D eigenvalue weighted by molar-refractivity contribution is 0.282. The quantitative estimate of drug-likeness (QED) is 0.289. The van der Waals surface area contributed by atoms with E-state index in [1.165, 1.54) is 109 Å². The lowest BCUT2D eigenvalue weighted by Gasteiger charge is -2.03. The standard InChI is InChI=1S/C20H43NO/c21-19-17-15-13-11-9-7-5-3-1-2-4-6-8-10-12-14-16-18-20-22/h22H,1-21H2. The Morgan fingerprint density at radius 2 is 0.591 bits per heavy atom. The van der Waals surface area contributed by atoms with E-state index in [0.29, 0.717) is 6.61 Å². The molecule has 0 bridgehead atoms. The van der Waals surface area contributed by atoms with Crippen molar-refractivity contribution in [2.24, 2.45) is 5.73 Å². The Morgan fingerprint density at radius 3 is 0.818 bits per heavy atom. The zero-order chi connectivity index (χ0) is 16.1. The zero-order valence-electron chi connectivity index (χ0n) is 15.2. The van der Waals surface area contributed by atoms with Gasteiger partial charge in [0.2, 0.25) is 0 Å². The third-order valence-corrected chi connectivity index (χ3v) is 4.61. The number of hydrogen-bond donors (Lipinski definition) is 2. The van der Waals surface area contributed by atoms with E-state index >= 15 is 0 Å². The smallest absolute Gasteiger partial charge is 0.0431 e. The molecule has 2 heteroatoms. The monoisotopic (exact) mass is 313 g/mol. The number of aliphatic hydroxyl groups excluding tert-OH is 1. The van der Waals surface area contributed by atoms with E-state index < -0.39 is 0 Å². The second-order valence-electron chi connectivity index (χ2n) is 6.88. The van der Waals surface area contributed by atoms with Gasteiger partial charge in [0.1, 0.15) is 0 Å². The highest BCUT2D eigenvalue weighted by Gasteiger charge is 1.94. The Balaban J connectivity index is 2.91. The van der Waals surface area contributed by atoms with Gasteiger partial charge >= 0.3 is 0 Å². The fraction of sp³-hybridized carbons (Fsp3) is 1.00. The summed E-state index contributed by atoms with van der Waals surface area (Å²) in [5.74, 6) is 0. The largest absolute Gasteiger partial charge is 0.396 e. The molecule has 0 aliphatic carbocycles. The average molecular weight is 314 g/mol. The van der Waals surface area contributed by atoms with Gasteiger partial charge in [-0.2, -0.15) is 0 Å². The summed E-state index contributed by atoms with van der Waals surface area (Å²) in [6, 6.07) is 0. The third-order valence-electron chi connectivity index (χ3n) is 4.61. The van der Waals surface area contributed by atoms with Crippen molar-refractivity contribution in [3.8, 4) is 0 Å².